The lowest BCUT2D eigenvalue weighted by Gasteiger charge is -2.25. The maximum Gasteiger partial charge on any atom is 0.419 e. The van der Waals surface area contributed by atoms with Crippen molar-refractivity contribution >= 4 is 52.4 Å². The number of carbonyl (C=O) groups is 2. The zero-order valence-corrected chi connectivity index (χ0v) is 15.1. The number of hydrogen-bond acceptors (Lipinski definition) is 3. The van der Waals surface area contributed by atoms with Crippen LogP contribution >= 0.6 is 34.8 Å². The van der Waals surface area contributed by atoms with Crippen LogP contribution in [0.15, 0.2) is 0 Å². The van der Waals surface area contributed by atoms with E-state index in [1.165, 1.54) is 6.42 Å². The summed E-state index contributed by atoms with van der Waals surface area (Å²) >= 11 is 16.7. The molecule has 0 aromatic heterocycles. The highest BCUT2D eigenvalue weighted by Crippen LogP contribution is 2.29. The Morgan fingerprint density at radius 1 is 1.30 bits per heavy atom. The van der Waals surface area contributed by atoms with Gasteiger partial charge in [-0.1, -0.05) is 66.9 Å². The number of rotatable bonds is 6. The first kappa shape index (κ1) is 20.2. The zero-order valence-electron chi connectivity index (χ0n) is 12.9. The van der Waals surface area contributed by atoms with Gasteiger partial charge < -0.3 is 15.6 Å². The normalized spacial score (nSPS) is 17.0. The van der Waals surface area contributed by atoms with Crippen LogP contribution in [0, 0.1) is 5.92 Å². The molecule has 0 aliphatic heterocycles. The van der Waals surface area contributed by atoms with Crippen molar-refractivity contribution in [3.8, 4) is 0 Å². The van der Waals surface area contributed by atoms with Crippen molar-refractivity contribution in [1.82, 2.24) is 5.32 Å². The van der Waals surface area contributed by atoms with Crippen LogP contribution in [0.3, 0.4) is 0 Å². The van der Waals surface area contributed by atoms with Crippen molar-refractivity contribution in [3.05, 3.63) is 5.53 Å². The summed E-state index contributed by atoms with van der Waals surface area (Å²) < 4.78 is 2.69. The molecule has 0 aromatic carbocycles. The Kier molecular flexibility index (Phi) is 8.34. The number of carbonyl (C=O) groups excluding carboxylic acids is 2. The third-order valence-electron chi connectivity index (χ3n) is 3.78. The van der Waals surface area contributed by atoms with Gasteiger partial charge in [0.15, 0.2) is 0 Å². The van der Waals surface area contributed by atoms with Gasteiger partial charge in [-0.3, -0.25) is 4.79 Å². The molecule has 130 valence electrons. The predicted octanol–water partition coefficient (Wildman–Crippen LogP) is 3.05. The molecule has 0 spiro atoms. The average Bonchev–Trinajstić information content (AvgIpc) is 2.48. The predicted molar refractivity (Wildman–Crippen MR) is 88.7 cm³/mol. The van der Waals surface area contributed by atoms with Crippen LogP contribution in [0.4, 0.5) is 0 Å². The van der Waals surface area contributed by atoms with Gasteiger partial charge in [0.25, 0.3) is 9.70 Å². The molecule has 0 aromatic rings. The molecule has 0 heterocycles. The van der Waals surface area contributed by atoms with Crippen LogP contribution in [-0.2, 0) is 14.3 Å². The largest absolute Gasteiger partial charge is 0.457 e. The van der Waals surface area contributed by atoms with E-state index in [1.54, 1.807) is 6.92 Å². The fraction of sp³-hybridized carbons (Fsp3) is 0.786. The van der Waals surface area contributed by atoms with E-state index in [-0.39, 0.29) is 18.2 Å². The summed E-state index contributed by atoms with van der Waals surface area (Å²) in [6.45, 7) is 1.75. The lowest BCUT2D eigenvalue weighted by molar-refractivity contribution is -0.140. The summed E-state index contributed by atoms with van der Waals surface area (Å²) in [5, 5.41) is 2.47. The Bertz CT molecular complexity index is 481. The first-order chi connectivity index (χ1) is 10.8. The summed E-state index contributed by atoms with van der Waals surface area (Å²) in [6, 6.07) is -0.870. The first-order valence-electron chi connectivity index (χ1n) is 7.56. The molecular formula is C14H20Cl3N3O3. The van der Waals surface area contributed by atoms with Gasteiger partial charge in [0, 0.05) is 0 Å². The molecule has 1 atom stereocenters. The van der Waals surface area contributed by atoms with E-state index < -0.39 is 21.7 Å². The quantitative estimate of drug-likeness (QED) is 0.251. The Balaban J connectivity index is 2.91. The fourth-order valence-corrected chi connectivity index (χ4v) is 2.86. The lowest BCUT2D eigenvalue weighted by atomic mass is 9.84. The molecule has 9 heteroatoms. The van der Waals surface area contributed by atoms with E-state index in [2.05, 4.69) is 10.1 Å². The number of halogens is 3. The minimum Gasteiger partial charge on any atom is -0.457 e. The molecule has 23 heavy (non-hydrogen) atoms. The highest BCUT2D eigenvalue weighted by atomic mass is 35.6. The number of nitrogens with one attached hydrogen (secondary N) is 1. The molecule has 1 fully saturated rings. The van der Waals surface area contributed by atoms with Gasteiger partial charge in [-0.05, 0) is 19.3 Å². The molecule has 1 amide bonds. The first-order valence-corrected chi connectivity index (χ1v) is 8.69. The Morgan fingerprint density at radius 3 is 2.39 bits per heavy atom. The summed E-state index contributed by atoms with van der Waals surface area (Å²) in [5.74, 6) is -1.40. The minimum absolute atomic E-state index is 0.117. The Labute approximate surface area is 150 Å². The fourth-order valence-electron chi connectivity index (χ4n) is 2.69. The van der Waals surface area contributed by atoms with Crippen molar-refractivity contribution in [3.63, 3.8) is 0 Å². The smallest absolute Gasteiger partial charge is 0.419 e. The van der Waals surface area contributed by atoms with Gasteiger partial charge in [0.2, 0.25) is 0 Å². The van der Waals surface area contributed by atoms with E-state index >= 15 is 0 Å². The van der Waals surface area contributed by atoms with Crippen LogP contribution in [0.5, 0.6) is 0 Å². The molecule has 0 radical (unpaired) electrons. The van der Waals surface area contributed by atoms with Crippen molar-refractivity contribution in [2.45, 2.75) is 55.3 Å². The monoisotopic (exact) mass is 383 g/mol. The zero-order chi connectivity index (χ0) is 17.5. The number of alkyl halides is 3. The van der Waals surface area contributed by atoms with Gasteiger partial charge in [-0.2, -0.15) is 4.79 Å². The highest BCUT2D eigenvalue weighted by molar-refractivity contribution is 6.76. The van der Waals surface area contributed by atoms with Crippen LogP contribution in [0.2, 0.25) is 0 Å². The molecule has 1 aliphatic carbocycles. The van der Waals surface area contributed by atoms with E-state index in [1.807, 2.05) is 0 Å². The van der Waals surface area contributed by atoms with Crippen LogP contribution < -0.4 is 5.32 Å². The summed E-state index contributed by atoms with van der Waals surface area (Å²) in [5.41, 5.74) is 8.88. The number of ether oxygens (including phenoxy) is 1. The number of amides is 1. The molecule has 1 rings (SSSR count). The van der Waals surface area contributed by atoms with Gasteiger partial charge >= 0.3 is 11.7 Å². The maximum absolute atomic E-state index is 11.9. The second-order valence-electron chi connectivity index (χ2n) is 5.47. The maximum atomic E-state index is 11.9. The van der Waals surface area contributed by atoms with Crippen LogP contribution in [0.25, 0.3) is 5.53 Å². The lowest BCUT2D eigenvalue weighted by Crippen LogP contribution is -2.49. The molecule has 6 nitrogen and oxygen atoms in total. The molecule has 1 aliphatic rings. The molecule has 1 unspecified atom stereocenters. The SMILES string of the molecule is CCOC(=O)C(=[N+]=[N-])C(CC1CCCCC1)NC(=O)C(Cl)(Cl)Cl. The Morgan fingerprint density at radius 2 is 1.91 bits per heavy atom. The van der Waals surface area contributed by atoms with Crippen LogP contribution in [-0.4, -0.2) is 38.8 Å². The molecule has 1 saturated carbocycles. The molecule has 0 saturated heterocycles. The Hall–Kier alpha value is -0.810. The second kappa shape index (κ2) is 9.48. The minimum atomic E-state index is -2.17. The van der Waals surface area contributed by atoms with Crippen LogP contribution in [0.1, 0.15) is 45.4 Å². The molecule has 0 bridgehead atoms. The number of esters is 1. The van der Waals surface area contributed by atoms with E-state index in [0.29, 0.717) is 6.42 Å². The van der Waals surface area contributed by atoms with E-state index in [4.69, 9.17) is 39.5 Å². The molecular weight excluding hydrogens is 365 g/mol. The van der Waals surface area contributed by atoms with Gasteiger partial charge in [-0.25, -0.2) is 4.79 Å². The third-order valence-corrected chi connectivity index (χ3v) is 4.29. The van der Waals surface area contributed by atoms with E-state index in [0.717, 1.165) is 25.7 Å². The summed E-state index contributed by atoms with van der Waals surface area (Å²) in [4.78, 5) is 26.9. The van der Waals surface area contributed by atoms with Crippen molar-refractivity contribution in [2.75, 3.05) is 6.61 Å². The number of nitrogens with zero attached hydrogens (tertiary/aromatic N) is 2. The highest BCUT2D eigenvalue weighted by Gasteiger charge is 2.40. The topological polar surface area (TPSA) is 91.8 Å². The average molecular weight is 385 g/mol. The van der Waals surface area contributed by atoms with Crippen molar-refractivity contribution in [2.24, 2.45) is 5.92 Å². The van der Waals surface area contributed by atoms with Gasteiger partial charge in [-0.15, -0.1) is 0 Å². The van der Waals surface area contributed by atoms with E-state index in [9.17, 15) is 15.1 Å². The second-order valence-corrected chi connectivity index (χ2v) is 7.75. The standard InChI is InChI=1S/C14H20Cl3N3O3/c1-2-23-12(21)11(20-18)10(19-13(22)14(15,16)17)8-9-6-4-3-5-7-9/h9-10H,2-8H2,1H3,(H,19,22). The number of hydrogen-bond donors (Lipinski definition) is 1. The van der Waals surface area contributed by atoms with Crippen molar-refractivity contribution in [1.29, 1.82) is 0 Å². The third kappa shape index (κ3) is 6.68. The summed E-state index contributed by atoms with van der Waals surface area (Å²) in [7, 11) is 0. The summed E-state index contributed by atoms with van der Waals surface area (Å²) in [6.07, 6.45) is 5.70. The van der Waals surface area contributed by atoms with Gasteiger partial charge in [0.1, 0.15) is 6.04 Å². The van der Waals surface area contributed by atoms with Crippen molar-refractivity contribution < 1.29 is 19.1 Å². The van der Waals surface area contributed by atoms with Gasteiger partial charge in [0.05, 0.1) is 6.61 Å². The molecule has 1 N–H and O–H groups in total.